The summed E-state index contributed by atoms with van der Waals surface area (Å²) in [6.07, 6.45) is 0. The minimum Gasteiger partial charge on any atom is -0.483 e. The van der Waals surface area contributed by atoms with Gasteiger partial charge in [-0.2, -0.15) is 0 Å². The smallest absolute Gasteiger partial charge is 0.234 e. The summed E-state index contributed by atoms with van der Waals surface area (Å²) in [7, 11) is 0. The summed E-state index contributed by atoms with van der Waals surface area (Å²) in [5.41, 5.74) is 1.89. The average molecular weight is 400 g/mol. The minimum absolute atomic E-state index is 0.0951. The van der Waals surface area contributed by atoms with Gasteiger partial charge in [0.25, 0.3) is 0 Å². The van der Waals surface area contributed by atoms with Gasteiger partial charge in [-0.15, -0.1) is 10.2 Å². The number of anilines is 1. The lowest BCUT2D eigenvalue weighted by molar-refractivity contribution is -0.113. The molecule has 0 aliphatic rings. The molecule has 0 aliphatic carbocycles. The number of halogens is 1. The Bertz CT molecular complexity index is 944. The second-order valence-electron chi connectivity index (χ2n) is 6.07. The highest BCUT2D eigenvalue weighted by Crippen LogP contribution is 2.20. The molecule has 3 aromatic rings. The topological polar surface area (TPSA) is 69.0 Å². The van der Waals surface area contributed by atoms with Crippen LogP contribution in [0.3, 0.4) is 0 Å². The molecule has 146 valence electrons. The third-order valence-electron chi connectivity index (χ3n) is 3.97. The van der Waals surface area contributed by atoms with Crippen LogP contribution in [-0.4, -0.2) is 26.4 Å². The molecule has 1 heterocycles. The van der Waals surface area contributed by atoms with Crippen LogP contribution in [0, 0.1) is 12.7 Å². The first-order valence-corrected chi connectivity index (χ1v) is 9.84. The number of benzene rings is 2. The predicted octanol–water partition coefficient (Wildman–Crippen LogP) is 4.06. The van der Waals surface area contributed by atoms with Crippen molar-refractivity contribution in [2.75, 3.05) is 11.1 Å². The number of hydrogen-bond acceptors (Lipinski definition) is 5. The number of hydrogen-bond donors (Lipinski definition) is 1. The van der Waals surface area contributed by atoms with Crippen LogP contribution in [0.15, 0.2) is 53.7 Å². The van der Waals surface area contributed by atoms with Gasteiger partial charge in [-0.25, -0.2) is 4.39 Å². The number of amides is 1. The highest BCUT2D eigenvalue weighted by atomic mass is 32.2. The molecular formula is C20H21FN4O2S. The lowest BCUT2D eigenvalue weighted by Gasteiger charge is -2.09. The van der Waals surface area contributed by atoms with Gasteiger partial charge in [-0.05, 0) is 38.1 Å². The zero-order chi connectivity index (χ0) is 19.9. The lowest BCUT2D eigenvalue weighted by Crippen LogP contribution is -2.15. The van der Waals surface area contributed by atoms with E-state index in [9.17, 15) is 9.18 Å². The van der Waals surface area contributed by atoms with E-state index < -0.39 is 5.82 Å². The SMILES string of the molecule is CCn1c(COc2ccccc2F)nnc1SCC(=O)Nc1ccc(C)cc1. The largest absolute Gasteiger partial charge is 0.483 e. The number of thioether (sulfide) groups is 1. The number of nitrogens with one attached hydrogen (secondary N) is 1. The Labute approximate surface area is 167 Å². The molecule has 6 nitrogen and oxygen atoms in total. The molecule has 0 atom stereocenters. The van der Waals surface area contributed by atoms with Crippen LogP contribution < -0.4 is 10.1 Å². The first-order chi connectivity index (χ1) is 13.6. The molecule has 1 aromatic heterocycles. The van der Waals surface area contributed by atoms with Gasteiger partial charge in [-0.1, -0.05) is 41.6 Å². The molecule has 0 aliphatic heterocycles. The molecule has 0 fully saturated rings. The van der Waals surface area contributed by atoms with E-state index in [0.29, 0.717) is 17.5 Å². The number of ether oxygens (including phenoxy) is 1. The molecule has 2 aromatic carbocycles. The third kappa shape index (κ3) is 5.10. The van der Waals surface area contributed by atoms with Crippen molar-refractivity contribution in [3.63, 3.8) is 0 Å². The Balaban J connectivity index is 1.58. The number of rotatable bonds is 8. The summed E-state index contributed by atoms with van der Waals surface area (Å²) in [5, 5.41) is 11.7. The van der Waals surface area contributed by atoms with Crippen molar-refractivity contribution in [1.82, 2.24) is 14.8 Å². The van der Waals surface area contributed by atoms with E-state index >= 15 is 0 Å². The highest BCUT2D eigenvalue weighted by Gasteiger charge is 2.14. The quantitative estimate of drug-likeness (QED) is 0.578. The third-order valence-corrected chi connectivity index (χ3v) is 4.94. The molecule has 0 radical (unpaired) electrons. The normalized spacial score (nSPS) is 10.7. The fourth-order valence-electron chi connectivity index (χ4n) is 2.52. The second kappa shape index (κ2) is 9.36. The van der Waals surface area contributed by atoms with Crippen molar-refractivity contribution in [3.05, 3.63) is 65.7 Å². The van der Waals surface area contributed by atoms with Crippen molar-refractivity contribution < 1.29 is 13.9 Å². The maximum atomic E-state index is 13.7. The zero-order valence-electron chi connectivity index (χ0n) is 15.7. The van der Waals surface area contributed by atoms with E-state index in [-0.39, 0.29) is 24.0 Å². The number of carbonyl (C=O) groups excluding carboxylic acids is 1. The fraction of sp³-hybridized carbons (Fsp3) is 0.250. The predicted molar refractivity (Wildman–Crippen MR) is 107 cm³/mol. The maximum absolute atomic E-state index is 13.7. The summed E-state index contributed by atoms with van der Waals surface area (Å²) in [5.74, 6) is 0.406. The Kier molecular flexibility index (Phi) is 6.65. The molecule has 1 N–H and O–H groups in total. The Morgan fingerprint density at radius 3 is 2.64 bits per heavy atom. The van der Waals surface area contributed by atoms with Crippen LogP contribution in [0.2, 0.25) is 0 Å². The van der Waals surface area contributed by atoms with E-state index in [1.165, 1.54) is 17.8 Å². The van der Waals surface area contributed by atoms with Gasteiger partial charge in [-0.3, -0.25) is 4.79 Å². The van der Waals surface area contributed by atoms with Crippen LogP contribution in [0.1, 0.15) is 18.3 Å². The van der Waals surface area contributed by atoms with Crippen LogP contribution in [-0.2, 0) is 17.9 Å². The van der Waals surface area contributed by atoms with Crippen molar-refractivity contribution >= 4 is 23.4 Å². The van der Waals surface area contributed by atoms with Crippen molar-refractivity contribution in [1.29, 1.82) is 0 Å². The summed E-state index contributed by atoms with van der Waals surface area (Å²) in [4.78, 5) is 12.2. The number of aromatic nitrogens is 3. The van der Waals surface area contributed by atoms with Crippen molar-refractivity contribution in [3.8, 4) is 5.75 Å². The number of para-hydroxylation sites is 1. The van der Waals surface area contributed by atoms with Crippen LogP contribution >= 0.6 is 11.8 Å². The molecule has 8 heteroatoms. The van der Waals surface area contributed by atoms with E-state index in [0.717, 1.165) is 11.3 Å². The fourth-order valence-corrected chi connectivity index (χ4v) is 3.34. The molecule has 0 saturated heterocycles. The lowest BCUT2D eigenvalue weighted by atomic mass is 10.2. The minimum atomic E-state index is -0.424. The van der Waals surface area contributed by atoms with Gasteiger partial charge in [0.1, 0.15) is 6.61 Å². The van der Waals surface area contributed by atoms with Crippen LogP contribution in [0.4, 0.5) is 10.1 Å². The van der Waals surface area contributed by atoms with Gasteiger partial charge < -0.3 is 14.6 Å². The Morgan fingerprint density at radius 1 is 1.18 bits per heavy atom. The molecular weight excluding hydrogens is 379 g/mol. The van der Waals surface area contributed by atoms with Crippen molar-refractivity contribution in [2.24, 2.45) is 0 Å². The monoisotopic (exact) mass is 400 g/mol. The molecule has 0 spiro atoms. The zero-order valence-corrected chi connectivity index (χ0v) is 16.5. The Morgan fingerprint density at radius 2 is 1.93 bits per heavy atom. The number of aryl methyl sites for hydroxylation is 1. The second-order valence-corrected chi connectivity index (χ2v) is 7.01. The molecule has 28 heavy (non-hydrogen) atoms. The van der Waals surface area contributed by atoms with E-state index in [4.69, 9.17) is 4.74 Å². The van der Waals surface area contributed by atoms with Gasteiger partial charge in [0.2, 0.25) is 5.91 Å². The molecule has 1 amide bonds. The van der Waals surface area contributed by atoms with Gasteiger partial charge in [0.05, 0.1) is 5.75 Å². The standard InChI is InChI=1S/C20H21FN4O2S/c1-3-25-18(12-27-17-7-5-4-6-16(17)21)23-24-20(25)28-13-19(26)22-15-10-8-14(2)9-11-15/h4-11H,3,12-13H2,1-2H3,(H,22,26). The molecule has 0 bridgehead atoms. The van der Waals surface area contributed by atoms with Crippen LogP contribution in [0.5, 0.6) is 5.75 Å². The van der Waals surface area contributed by atoms with E-state index in [1.54, 1.807) is 18.2 Å². The van der Waals surface area contributed by atoms with E-state index in [1.807, 2.05) is 42.7 Å². The summed E-state index contributed by atoms with van der Waals surface area (Å²) < 4.78 is 21.0. The van der Waals surface area contributed by atoms with Gasteiger partial charge in [0.15, 0.2) is 22.5 Å². The van der Waals surface area contributed by atoms with E-state index in [2.05, 4.69) is 15.5 Å². The number of carbonyl (C=O) groups is 1. The number of nitrogens with zero attached hydrogens (tertiary/aromatic N) is 3. The Hall–Kier alpha value is -2.87. The van der Waals surface area contributed by atoms with Gasteiger partial charge in [0, 0.05) is 12.2 Å². The van der Waals surface area contributed by atoms with Gasteiger partial charge >= 0.3 is 0 Å². The first-order valence-electron chi connectivity index (χ1n) is 8.85. The maximum Gasteiger partial charge on any atom is 0.234 e. The molecule has 0 saturated carbocycles. The molecule has 0 unspecified atom stereocenters. The average Bonchev–Trinajstić information content (AvgIpc) is 3.09. The van der Waals surface area contributed by atoms with Crippen LogP contribution in [0.25, 0.3) is 0 Å². The first kappa shape index (κ1) is 19.9. The summed E-state index contributed by atoms with van der Waals surface area (Å²) in [6, 6.07) is 13.8. The summed E-state index contributed by atoms with van der Waals surface area (Å²) >= 11 is 1.30. The summed E-state index contributed by atoms with van der Waals surface area (Å²) in [6.45, 7) is 4.65. The molecule has 3 rings (SSSR count). The highest BCUT2D eigenvalue weighted by molar-refractivity contribution is 7.99. The van der Waals surface area contributed by atoms with Crippen molar-refractivity contribution in [2.45, 2.75) is 32.2 Å².